The van der Waals surface area contributed by atoms with Crippen molar-refractivity contribution in [2.24, 2.45) is 11.7 Å². The second-order valence-corrected chi connectivity index (χ2v) is 5.55. The molecule has 0 bridgehead atoms. The Morgan fingerprint density at radius 2 is 2.24 bits per heavy atom. The van der Waals surface area contributed by atoms with Crippen LogP contribution in [0.25, 0.3) is 0 Å². The zero-order valence-corrected chi connectivity index (χ0v) is 10.6. The van der Waals surface area contributed by atoms with Crippen molar-refractivity contribution in [1.29, 1.82) is 0 Å². The minimum absolute atomic E-state index is 0.0909. The highest BCUT2D eigenvalue weighted by Crippen LogP contribution is 2.37. The molecule has 0 aromatic heterocycles. The third-order valence-corrected chi connectivity index (χ3v) is 3.65. The van der Waals surface area contributed by atoms with E-state index >= 15 is 0 Å². The number of rotatable bonds is 3. The van der Waals surface area contributed by atoms with Gasteiger partial charge in [-0.15, -0.1) is 0 Å². The summed E-state index contributed by atoms with van der Waals surface area (Å²) in [4.78, 5) is 2.30. The first-order valence-corrected chi connectivity index (χ1v) is 6.26. The van der Waals surface area contributed by atoms with Gasteiger partial charge in [0, 0.05) is 17.8 Å². The Morgan fingerprint density at radius 1 is 1.47 bits per heavy atom. The van der Waals surface area contributed by atoms with Gasteiger partial charge in [0.25, 0.3) is 0 Å². The second kappa shape index (κ2) is 4.65. The summed E-state index contributed by atoms with van der Waals surface area (Å²) in [5.41, 5.74) is 6.70. The van der Waals surface area contributed by atoms with Gasteiger partial charge in [0.15, 0.2) is 0 Å². The zero-order chi connectivity index (χ0) is 12.5. The van der Waals surface area contributed by atoms with Crippen LogP contribution < -0.4 is 10.6 Å². The van der Waals surface area contributed by atoms with E-state index in [-0.39, 0.29) is 11.4 Å². The van der Waals surface area contributed by atoms with Crippen LogP contribution in [0.3, 0.4) is 0 Å². The van der Waals surface area contributed by atoms with Gasteiger partial charge in [-0.25, -0.2) is 4.39 Å². The van der Waals surface area contributed by atoms with E-state index in [0.29, 0.717) is 5.92 Å². The normalized spacial score (nSPS) is 23.1. The fourth-order valence-electron chi connectivity index (χ4n) is 2.91. The molecule has 2 N–H and O–H groups in total. The van der Waals surface area contributed by atoms with Gasteiger partial charge in [0.05, 0.1) is 0 Å². The van der Waals surface area contributed by atoms with E-state index in [0.717, 1.165) is 31.6 Å². The molecule has 1 saturated heterocycles. The Hall–Kier alpha value is -1.09. The van der Waals surface area contributed by atoms with Gasteiger partial charge in [-0.05, 0) is 57.4 Å². The molecule has 0 radical (unpaired) electrons. The lowest BCUT2D eigenvalue weighted by Gasteiger charge is -2.33. The zero-order valence-electron chi connectivity index (χ0n) is 10.6. The van der Waals surface area contributed by atoms with Crippen molar-refractivity contribution < 1.29 is 4.39 Å². The van der Waals surface area contributed by atoms with E-state index in [1.807, 2.05) is 6.07 Å². The highest BCUT2D eigenvalue weighted by Gasteiger charge is 2.37. The van der Waals surface area contributed by atoms with Crippen molar-refractivity contribution in [3.05, 3.63) is 30.1 Å². The molecule has 2 rings (SSSR count). The molecule has 1 atom stereocenters. The fourth-order valence-corrected chi connectivity index (χ4v) is 2.91. The third-order valence-electron chi connectivity index (χ3n) is 3.65. The molecular formula is C14H21FN2. The van der Waals surface area contributed by atoms with Crippen LogP contribution in [0.4, 0.5) is 10.1 Å². The van der Waals surface area contributed by atoms with E-state index in [2.05, 4.69) is 18.7 Å². The number of halogens is 1. The number of nitrogens with zero attached hydrogens (tertiary/aromatic N) is 1. The molecule has 1 aromatic carbocycles. The number of hydrogen-bond acceptors (Lipinski definition) is 2. The third kappa shape index (κ3) is 2.60. The summed E-state index contributed by atoms with van der Waals surface area (Å²) in [7, 11) is 0. The van der Waals surface area contributed by atoms with E-state index in [1.165, 1.54) is 6.07 Å². The Balaban J connectivity index is 2.20. The maximum absolute atomic E-state index is 13.3. The second-order valence-electron chi connectivity index (χ2n) is 5.55. The first kappa shape index (κ1) is 12.4. The highest BCUT2D eigenvalue weighted by molar-refractivity contribution is 5.50. The Bertz CT molecular complexity index is 390. The van der Waals surface area contributed by atoms with Crippen molar-refractivity contribution in [3.63, 3.8) is 0 Å². The molecule has 1 aliphatic heterocycles. The van der Waals surface area contributed by atoms with Crippen molar-refractivity contribution in [2.45, 2.75) is 32.2 Å². The molecule has 1 heterocycles. The predicted molar refractivity (Wildman–Crippen MR) is 69.6 cm³/mol. The molecule has 1 aliphatic rings. The van der Waals surface area contributed by atoms with Crippen LogP contribution in [0.15, 0.2) is 24.3 Å². The van der Waals surface area contributed by atoms with Crippen LogP contribution in [-0.4, -0.2) is 18.6 Å². The number of hydrogen-bond donors (Lipinski definition) is 1. The van der Waals surface area contributed by atoms with Gasteiger partial charge in [-0.3, -0.25) is 0 Å². The summed E-state index contributed by atoms with van der Waals surface area (Å²) in [6.45, 7) is 6.15. The lowest BCUT2D eigenvalue weighted by atomic mass is 9.94. The van der Waals surface area contributed by atoms with Gasteiger partial charge in [-0.2, -0.15) is 0 Å². The predicted octanol–water partition coefficient (Wildman–Crippen LogP) is 2.78. The largest absolute Gasteiger partial charge is 0.366 e. The van der Waals surface area contributed by atoms with Crippen LogP contribution in [-0.2, 0) is 0 Å². The standard InChI is InChI=1S/C14H21FN2/c1-14(2)9-11(6-7-16)10-17(14)13-5-3-4-12(15)8-13/h3-5,8,11H,6-7,9-10,16H2,1-2H3. The first-order chi connectivity index (χ1) is 8.03. The summed E-state index contributed by atoms with van der Waals surface area (Å²) >= 11 is 0. The summed E-state index contributed by atoms with van der Waals surface area (Å²) in [5.74, 6) is 0.457. The van der Waals surface area contributed by atoms with Crippen molar-refractivity contribution in [1.82, 2.24) is 0 Å². The van der Waals surface area contributed by atoms with Crippen LogP contribution >= 0.6 is 0 Å². The van der Waals surface area contributed by atoms with Crippen molar-refractivity contribution in [3.8, 4) is 0 Å². The fraction of sp³-hybridized carbons (Fsp3) is 0.571. The first-order valence-electron chi connectivity index (χ1n) is 6.26. The molecule has 3 heteroatoms. The Labute approximate surface area is 103 Å². The van der Waals surface area contributed by atoms with Crippen molar-refractivity contribution in [2.75, 3.05) is 18.0 Å². The van der Waals surface area contributed by atoms with Gasteiger partial charge in [0.1, 0.15) is 5.82 Å². The molecule has 0 spiro atoms. The number of anilines is 1. The summed E-state index contributed by atoms with van der Waals surface area (Å²) in [6.07, 6.45) is 2.18. The van der Waals surface area contributed by atoms with Crippen LogP contribution in [0.5, 0.6) is 0 Å². The minimum Gasteiger partial charge on any atom is -0.366 e. The van der Waals surface area contributed by atoms with E-state index in [1.54, 1.807) is 12.1 Å². The molecular weight excluding hydrogens is 215 g/mol. The maximum atomic E-state index is 13.3. The van der Waals surface area contributed by atoms with Crippen LogP contribution in [0, 0.1) is 11.7 Å². The topological polar surface area (TPSA) is 29.3 Å². The summed E-state index contributed by atoms with van der Waals surface area (Å²) in [5, 5.41) is 0. The Kier molecular flexibility index (Phi) is 3.38. The number of nitrogens with two attached hydrogens (primary N) is 1. The van der Waals surface area contributed by atoms with Crippen molar-refractivity contribution >= 4 is 5.69 Å². The average molecular weight is 236 g/mol. The van der Waals surface area contributed by atoms with Crippen LogP contribution in [0.2, 0.25) is 0 Å². The van der Waals surface area contributed by atoms with Crippen LogP contribution in [0.1, 0.15) is 26.7 Å². The summed E-state index contributed by atoms with van der Waals surface area (Å²) < 4.78 is 13.3. The molecule has 1 aromatic rings. The van der Waals surface area contributed by atoms with Gasteiger partial charge >= 0.3 is 0 Å². The Morgan fingerprint density at radius 3 is 2.88 bits per heavy atom. The smallest absolute Gasteiger partial charge is 0.125 e. The lowest BCUT2D eigenvalue weighted by Crippen LogP contribution is -2.38. The maximum Gasteiger partial charge on any atom is 0.125 e. The lowest BCUT2D eigenvalue weighted by molar-refractivity contribution is 0.458. The molecule has 17 heavy (non-hydrogen) atoms. The summed E-state index contributed by atoms with van der Waals surface area (Å²) in [6, 6.07) is 6.86. The molecule has 0 aliphatic carbocycles. The average Bonchev–Trinajstić information content (AvgIpc) is 2.54. The molecule has 94 valence electrons. The highest BCUT2D eigenvalue weighted by atomic mass is 19.1. The van der Waals surface area contributed by atoms with E-state index in [9.17, 15) is 4.39 Å². The van der Waals surface area contributed by atoms with Gasteiger partial charge in [0.2, 0.25) is 0 Å². The van der Waals surface area contributed by atoms with Gasteiger partial charge < -0.3 is 10.6 Å². The SMILES string of the molecule is CC1(C)CC(CCN)CN1c1cccc(F)c1. The minimum atomic E-state index is -0.166. The van der Waals surface area contributed by atoms with E-state index < -0.39 is 0 Å². The molecule has 0 amide bonds. The van der Waals surface area contributed by atoms with Gasteiger partial charge in [-0.1, -0.05) is 6.07 Å². The molecule has 0 saturated carbocycles. The molecule has 1 unspecified atom stereocenters. The van der Waals surface area contributed by atoms with E-state index in [4.69, 9.17) is 5.73 Å². The number of benzene rings is 1. The quantitative estimate of drug-likeness (QED) is 0.874. The molecule has 2 nitrogen and oxygen atoms in total. The molecule has 1 fully saturated rings. The monoisotopic (exact) mass is 236 g/mol.